The van der Waals surface area contributed by atoms with E-state index in [1.165, 1.54) is 0 Å². The van der Waals surface area contributed by atoms with Crippen LogP contribution in [0.5, 0.6) is 0 Å². The third kappa shape index (κ3) is 3.12. The van der Waals surface area contributed by atoms with Gasteiger partial charge in [0.1, 0.15) is 11.6 Å². The lowest BCUT2D eigenvalue weighted by Crippen LogP contribution is -2.39. The van der Waals surface area contributed by atoms with Crippen molar-refractivity contribution in [3.63, 3.8) is 0 Å². The van der Waals surface area contributed by atoms with Crippen molar-refractivity contribution < 1.29 is 4.79 Å². The van der Waals surface area contributed by atoms with E-state index in [1.54, 1.807) is 13.0 Å². The van der Waals surface area contributed by atoms with Crippen LogP contribution in [-0.2, 0) is 0 Å². The van der Waals surface area contributed by atoms with E-state index in [2.05, 4.69) is 19.9 Å². The maximum Gasteiger partial charge on any atom is 0.253 e. The average molecular weight is 351 g/mol. The summed E-state index contributed by atoms with van der Waals surface area (Å²) in [5, 5.41) is 0. The number of likely N-dealkylation sites (tertiary alicyclic amines) is 1. The zero-order valence-electron chi connectivity index (χ0n) is 14.9. The molecule has 0 spiro atoms. The number of amides is 1. The SMILES string of the molecule is Cc1nc([C@H]2CCCN(C(=O)c3ccc4nc(C)[nH]c4c3)C2)cc(=O)[nH]1. The largest absolute Gasteiger partial charge is 0.342 e. The molecule has 0 aliphatic carbocycles. The van der Waals surface area contributed by atoms with E-state index in [4.69, 9.17) is 0 Å². The number of aromatic nitrogens is 4. The predicted octanol–water partition coefficient (Wildman–Crippen LogP) is 2.28. The maximum absolute atomic E-state index is 13.0. The van der Waals surface area contributed by atoms with Crippen molar-refractivity contribution >= 4 is 16.9 Å². The molecule has 2 aromatic heterocycles. The number of carbonyl (C=O) groups excluding carboxylic acids is 1. The quantitative estimate of drug-likeness (QED) is 0.740. The van der Waals surface area contributed by atoms with E-state index < -0.39 is 0 Å². The first-order valence-electron chi connectivity index (χ1n) is 8.83. The molecule has 1 aliphatic rings. The Morgan fingerprint density at radius 1 is 1.15 bits per heavy atom. The molecule has 0 bridgehead atoms. The highest BCUT2D eigenvalue weighted by molar-refractivity contribution is 5.97. The summed E-state index contributed by atoms with van der Waals surface area (Å²) in [7, 11) is 0. The van der Waals surface area contributed by atoms with Crippen LogP contribution in [0.3, 0.4) is 0 Å². The van der Waals surface area contributed by atoms with Crippen LogP contribution in [-0.4, -0.2) is 43.8 Å². The van der Waals surface area contributed by atoms with Gasteiger partial charge < -0.3 is 14.9 Å². The molecule has 1 aliphatic heterocycles. The Morgan fingerprint density at radius 3 is 2.77 bits per heavy atom. The molecule has 134 valence electrons. The molecule has 3 heterocycles. The fourth-order valence-electron chi connectivity index (χ4n) is 3.67. The fraction of sp³-hybridized carbons (Fsp3) is 0.368. The fourth-order valence-corrected chi connectivity index (χ4v) is 3.67. The highest BCUT2D eigenvalue weighted by Gasteiger charge is 2.27. The van der Waals surface area contributed by atoms with Gasteiger partial charge in [-0.3, -0.25) is 9.59 Å². The van der Waals surface area contributed by atoms with Crippen molar-refractivity contribution in [3.05, 3.63) is 57.5 Å². The summed E-state index contributed by atoms with van der Waals surface area (Å²) < 4.78 is 0. The van der Waals surface area contributed by atoms with Gasteiger partial charge in [-0.25, -0.2) is 9.97 Å². The Labute approximate surface area is 150 Å². The van der Waals surface area contributed by atoms with Crippen LogP contribution in [0.15, 0.2) is 29.1 Å². The molecular formula is C19H21N5O2. The van der Waals surface area contributed by atoms with Gasteiger partial charge in [-0.05, 0) is 44.9 Å². The van der Waals surface area contributed by atoms with Gasteiger partial charge in [0.05, 0.1) is 16.7 Å². The number of imidazole rings is 1. The summed E-state index contributed by atoms with van der Waals surface area (Å²) in [6, 6.07) is 7.10. The second-order valence-electron chi connectivity index (χ2n) is 6.90. The van der Waals surface area contributed by atoms with E-state index in [-0.39, 0.29) is 17.4 Å². The predicted molar refractivity (Wildman–Crippen MR) is 98.3 cm³/mol. The zero-order chi connectivity index (χ0) is 18.3. The smallest absolute Gasteiger partial charge is 0.253 e. The Balaban J connectivity index is 1.58. The van der Waals surface area contributed by atoms with Crippen LogP contribution < -0.4 is 5.56 Å². The molecule has 4 rings (SSSR count). The molecular weight excluding hydrogens is 330 g/mol. The standard InChI is InChI=1S/C19H21N5O2/c1-11-20-15-6-5-13(8-17(15)22-11)19(26)24-7-3-4-14(10-24)16-9-18(25)23-12(2)21-16/h5-6,8-9,14H,3-4,7,10H2,1-2H3,(H,20,22)(H,21,23,25)/t14-/m0/s1. The molecule has 1 saturated heterocycles. The molecule has 1 fully saturated rings. The average Bonchev–Trinajstić information content (AvgIpc) is 2.99. The van der Waals surface area contributed by atoms with Crippen molar-refractivity contribution in [2.24, 2.45) is 0 Å². The number of H-pyrrole nitrogens is 2. The number of fused-ring (bicyclic) bond motifs is 1. The van der Waals surface area contributed by atoms with Crippen LogP contribution >= 0.6 is 0 Å². The highest BCUT2D eigenvalue weighted by Crippen LogP contribution is 2.26. The first-order valence-corrected chi connectivity index (χ1v) is 8.83. The summed E-state index contributed by atoms with van der Waals surface area (Å²) in [5.41, 5.74) is 3.00. The number of rotatable bonds is 2. The van der Waals surface area contributed by atoms with Gasteiger partial charge in [-0.1, -0.05) is 0 Å². The Kier molecular flexibility index (Phi) is 4.06. The number of nitrogens with one attached hydrogen (secondary N) is 2. The lowest BCUT2D eigenvalue weighted by molar-refractivity contribution is 0.0706. The van der Waals surface area contributed by atoms with Crippen molar-refractivity contribution in [3.8, 4) is 0 Å². The summed E-state index contributed by atoms with van der Waals surface area (Å²) in [6.45, 7) is 4.97. The molecule has 0 unspecified atom stereocenters. The zero-order valence-corrected chi connectivity index (χ0v) is 14.9. The minimum absolute atomic E-state index is 0.00501. The Bertz CT molecular complexity index is 1040. The van der Waals surface area contributed by atoms with E-state index >= 15 is 0 Å². The van der Waals surface area contributed by atoms with Crippen molar-refractivity contribution in [2.45, 2.75) is 32.6 Å². The number of piperidine rings is 1. The van der Waals surface area contributed by atoms with E-state index in [1.807, 2.05) is 30.0 Å². The number of hydrogen-bond donors (Lipinski definition) is 2. The minimum Gasteiger partial charge on any atom is -0.342 e. The summed E-state index contributed by atoms with van der Waals surface area (Å²) in [5.74, 6) is 1.53. The lowest BCUT2D eigenvalue weighted by atomic mass is 9.94. The van der Waals surface area contributed by atoms with E-state index in [9.17, 15) is 9.59 Å². The van der Waals surface area contributed by atoms with Gasteiger partial charge in [-0.2, -0.15) is 0 Å². The van der Waals surface area contributed by atoms with Crippen LogP contribution in [0, 0.1) is 13.8 Å². The van der Waals surface area contributed by atoms with Crippen LogP contribution in [0.4, 0.5) is 0 Å². The van der Waals surface area contributed by atoms with Gasteiger partial charge in [0.2, 0.25) is 0 Å². The molecule has 0 radical (unpaired) electrons. The molecule has 26 heavy (non-hydrogen) atoms. The maximum atomic E-state index is 13.0. The van der Waals surface area contributed by atoms with Crippen molar-refractivity contribution in [2.75, 3.05) is 13.1 Å². The van der Waals surface area contributed by atoms with Gasteiger partial charge >= 0.3 is 0 Å². The van der Waals surface area contributed by atoms with Crippen molar-refractivity contribution in [1.82, 2.24) is 24.8 Å². The molecule has 1 aromatic carbocycles. The minimum atomic E-state index is -0.143. The van der Waals surface area contributed by atoms with Gasteiger partial charge in [0, 0.05) is 30.6 Å². The molecule has 0 saturated carbocycles. The molecule has 7 nitrogen and oxygen atoms in total. The van der Waals surface area contributed by atoms with Gasteiger partial charge in [-0.15, -0.1) is 0 Å². The number of aromatic amines is 2. The van der Waals surface area contributed by atoms with Crippen LogP contribution in [0.1, 0.15) is 46.5 Å². The summed E-state index contributed by atoms with van der Waals surface area (Å²) in [6.07, 6.45) is 1.83. The summed E-state index contributed by atoms with van der Waals surface area (Å²) in [4.78, 5) is 41.2. The lowest BCUT2D eigenvalue weighted by Gasteiger charge is -2.32. The third-order valence-corrected chi connectivity index (χ3v) is 4.85. The van der Waals surface area contributed by atoms with Gasteiger partial charge in [0.15, 0.2) is 0 Å². The number of benzene rings is 1. The normalized spacial score (nSPS) is 17.6. The molecule has 2 N–H and O–H groups in total. The first kappa shape index (κ1) is 16.5. The molecule has 7 heteroatoms. The van der Waals surface area contributed by atoms with E-state index in [0.717, 1.165) is 41.9 Å². The first-order chi connectivity index (χ1) is 12.5. The van der Waals surface area contributed by atoms with Crippen LogP contribution in [0.25, 0.3) is 11.0 Å². The van der Waals surface area contributed by atoms with Crippen molar-refractivity contribution in [1.29, 1.82) is 0 Å². The Hall–Kier alpha value is -2.96. The number of hydrogen-bond acceptors (Lipinski definition) is 4. The molecule has 3 aromatic rings. The van der Waals surface area contributed by atoms with Crippen LogP contribution in [0.2, 0.25) is 0 Å². The second kappa shape index (κ2) is 6.40. The van der Waals surface area contributed by atoms with Gasteiger partial charge in [0.25, 0.3) is 11.5 Å². The number of nitrogens with zero attached hydrogens (tertiary/aromatic N) is 3. The number of carbonyl (C=O) groups is 1. The highest BCUT2D eigenvalue weighted by atomic mass is 16.2. The molecule has 1 atom stereocenters. The number of aryl methyl sites for hydroxylation is 2. The Morgan fingerprint density at radius 2 is 1.96 bits per heavy atom. The molecule has 1 amide bonds. The topological polar surface area (TPSA) is 94.7 Å². The monoisotopic (exact) mass is 351 g/mol. The van der Waals surface area contributed by atoms with E-state index in [0.29, 0.717) is 17.9 Å². The second-order valence-corrected chi connectivity index (χ2v) is 6.90. The third-order valence-electron chi connectivity index (χ3n) is 4.85. The summed E-state index contributed by atoms with van der Waals surface area (Å²) >= 11 is 0.